The van der Waals surface area contributed by atoms with Crippen LogP contribution in [-0.4, -0.2) is 15.2 Å². The number of rotatable bonds is 4. The summed E-state index contributed by atoms with van der Waals surface area (Å²) in [6.07, 6.45) is 1.32. The van der Waals surface area contributed by atoms with Gasteiger partial charge in [-0.05, 0) is 36.6 Å². The molecule has 4 nitrogen and oxygen atoms in total. The van der Waals surface area contributed by atoms with Crippen LogP contribution < -0.4 is 5.56 Å². The molecule has 0 fully saturated rings. The Morgan fingerprint density at radius 1 is 1.21 bits per heavy atom. The SMILES string of the molecule is CCc1n[nH]c(=O)c(-c2nc(-c3cc(F)ccc3F)cs2)c1CC. The van der Waals surface area contributed by atoms with E-state index in [9.17, 15) is 13.6 Å². The number of benzene rings is 1. The number of nitrogens with one attached hydrogen (secondary N) is 1. The highest BCUT2D eigenvalue weighted by Crippen LogP contribution is 2.31. The molecular weight excluding hydrogens is 332 g/mol. The molecule has 2 heterocycles. The van der Waals surface area contributed by atoms with Crippen molar-refractivity contribution in [2.45, 2.75) is 26.7 Å². The third-order valence-electron chi connectivity index (χ3n) is 3.78. The zero-order valence-electron chi connectivity index (χ0n) is 13.2. The Kier molecular flexibility index (Phi) is 4.53. The number of aromatic nitrogens is 3. The monoisotopic (exact) mass is 347 g/mol. The van der Waals surface area contributed by atoms with Gasteiger partial charge in [0.2, 0.25) is 0 Å². The highest BCUT2D eigenvalue weighted by atomic mass is 32.1. The number of nitrogens with zero attached hydrogens (tertiary/aromatic N) is 2. The molecule has 0 saturated heterocycles. The first-order valence-electron chi connectivity index (χ1n) is 7.56. The predicted octanol–water partition coefficient (Wildman–Crippen LogP) is 3.96. The second-order valence-corrected chi connectivity index (χ2v) is 6.08. The van der Waals surface area contributed by atoms with Crippen LogP contribution in [0.25, 0.3) is 21.8 Å². The normalized spacial score (nSPS) is 11.0. The number of hydrogen-bond acceptors (Lipinski definition) is 4. The Morgan fingerprint density at radius 3 is 2.71 bits per heavy atom. The van der Waals surface area contributed by atoms with E-state index in [1.165, 1.54) is 11.3 Å². The van der Waals surface area contributed by atoms with E-state index >= 15 is 0 Å². The van der Waals surface area contributed by atoms with Crippen LogP contribution in [0.2, 0.25) is 0 Å². The Labute approximate surface area is 141 Å². The molecule has 2 aromatic heterocycles. The molecule has 24 heavy (non-hydrogen) atoms. The molecule has 0 aliphatic rings. The number of aromatic amines is 1. The first-order chi connectivity index (χ1) is 11.5. The molecule has 1 N–H and O–H groups in total. The lowest BCUT2D eigenvalue weighted by Gasteiger charge is -2.08. The van der Waals surface area contributed by atoms with Gasteiger partial charge in [-0.3, -0.25) is 4.79 Å². The van der Waals surface area contributed by atoms with Crippen LogP contribution in [0.5, 0.6) is 0 Å². The minimum Gasteiger partial charge on any atom is -0.267 e. The maximum atomic E-state index is 13.9. The van der Waals surface area contributed by atoms with Crippen molar-refractivity contribution in [2.24, 2.45) is 0 Å². The van der Waals surface area contributed by atoms with Crippen molar-refractivity contribution in [3.63, 3.8) is 0 Å². The summed E-state index contributed by atoms with van der Waals surface area (Å²) in [5, 5.41) is 8.66. The third-order valence-corrected chi connectivity index (χ3v) is 4.64. The Morgan fingerprint density at radius 2 is 2.00 bits per heavy atom. The van der Waals surface area contributed by atoms with E-state index in [1.807, 2.05) is 13.8 Å². The smallest absolute Gasteiger partial charge is 0.267 e. The Balaban J connectivity index is 2.15. The van der Waals surface area contributed by atoms with Gasteiger partial charge < -0.3 is 0 Å². The van der Waals surface area contributed by atoms with Crippen LogP contribution in [-0.2, 0) is 12.8 Å². The lowest BCUT2D eigenvalue weighted by Crippen LogP contribution is -2.16. The van der Waals surface area contributed by atoms with Crippen molar-refractivity contribution < 1.29 is 8.78 Å². The fourth-order valence-electron chi connectivity index (χ4n) is 2.63. The van der Waals surface area contributed by atoms with E-state index in [1.54, 1.807) is 5.38 Å². The van der Waals surface area contributed by atoms with Crippen LogP contribution >= 0.6 is 11.3 Å². The minimum absolute atomic E-state index is 0.0803. The van der Waals surface area contributed by atoms with E-state index in [0.717, 1.165) is 29.5 Å². The fraction of sp³-hybridized carbons (Fsp3) is 0.235. The van der Waals surface area contributed by atoms with Crippen LogP contribution in [0.1, 0.15) is 25.1 Å². The van der Waals surface area contributed by atoms with Gasteiger partial charge in [-0.15, -0.1) is 11.3 Å². The number of thiazole rings is 1. The molecule has 0 bridgehead atoms. The fourth-order valence-corrected chi connectivity index (χ4v) is 3.52. The van der Waals surface area contributed by atoms with Crippen molar-refractivity contribution >= 4 is 11.3 Å². The van der Waals surface area contributed by atoms with E-state index in [2.05, 4.69) is 15.2 Å². The highest BCUT2D eigenvalue weighted by molar-refractivity contribution is 7.13. The summed E-state index contributed by atoms with van der Waals surface area (Å²) in [5.41, 5.74) is 2.16. The highest BCUT2D eigenvalue weighted by Gasteiger charge is 2.18. The molecule has 0 aliphatic carbocycles. The van der Waals surface area contributed by atoms with E-state index < -0.39 is 11.6 Å². The molecule has 0 unspecified atom stereocenters. The van der Waals surface area contributed by atoms with E-state index in [0.29, 0.717) is 29.1 Å². The van der Waals surface area contributed by atoms with E-state index in [4.69, 9.17) is 0 Å². The maximum Gasteiger partial charge on any atom is 0.274 e. The lowest BCUT2D eigenvalue weighted by molar-refractivity contribution is 0.603. The summed E-state index contributed by atoms with van der Waals surface area (Å²) in [6, 6.07) is 3.22. The van der Waals surface area contributed by atoms with Crippen LogP contribution in [0.4, 0.5) is 8.78 Å². The van der Waals surface area contributed by atoms with Gasteiger partial charge in [0, 0.05) is 10.9 Å². The summed E-state index contributed by atoms with van der Waals surface area (Å²) in [7, 11) is 0. The van der Waals surface area contributed by atoms with Gasteiger partial charge >= 0.3 is 0 Å². The summed E-state index contributed by atoms with van der Waals surface area (Å²) in [4.78, 5) is 16.6. The number of aryl methyl sites for hydroxylation is 1. The molecular formula is C17H15F2N3OS. The quantitative estimate of drug-likeness (QED) is 0.777. The van der Waals surface area contributed by atoms with Crippen molar-refractivity contribution in [1.29, 1.82) is 0 Å². The van der Waals surface area contributed by atoms with Gasteiger partial charge in [-0.1, -0.05) is 13.8 Å². The van der Waals surface area contributed by atoms with Crippen LogP contribution in [0.15, 0.2) is 28.4 Å². The van der Waals surface area contributed by atoms with Crippen molar-refractivity contribution in [1.82, 2.24) is 15.2 Å². The van der Waals surface area contributed by atoms with Crippen molar-refractivity contribution in [3.8, 4) is 21.8 Å². The average Bonchev–Trinajstić information content (AvgIpc) is 3.05. The summed E-state index contributed by atoms with van der Waals surface area (Å²) >= 11 is 1.23. The minimum atomic E-state index is -0.554. The van der Waals surface area contributed by atoms with Crippen molar-refractivity contribution in [3.05, 3.63) is 56.8 Å². The summed E-state index contributed by atoms with van der Waals surface area (Å²) < 4.78 is 27.3. The molecule has 3 aromatic rings. The molecule has 7 heteroatoms. The Hall–Kier alpha value is -2.41. The summed E-state index contributed by atoms with van der Waals surface area (Å²) in [6.45, 7) is 3.90. The first kappa shape index (κ1) is 16.4. The second-order valence-electron chi connectivity index (χ2n) is 5.22. The molecule has 3 rings (SSSR count). The largest absolute Gasteiger partial charge is 0.274 e. The van der Waals surface area contributed by atoms with Gasteiger partial charge in [0.15, 0.2) is 0 Å². The number of halogens is 2. The van der Waals surface area contributed by atoms with Crippen LogP contribution in [0, 0.1) is 11.6 Å². The average molecular weight is 347 g/mol. The zero-order valence-corrected chi connectivity index (χ0v) is 14.0. The molecule has 0 amide bonds. The maximum absolute atomic E-state index is 13.9. The topological polar surface area (TPSA) is 58.6 Å². The molecule has 0 saturated carbocycles. The van der Waals surface area contributed by atoms with Crippen LogP contribution in [0.3, 0.4) is 0 Å². The zero-order chi connectivity index (χ0) is 17.3. The van der Waals surface area contributed by atoms with Gasteiger partial charge in [-0.25, -0.2) is 18.9 Å². The first-order valence-corrected chi connectivity index (χ1v) is 8.44. The van der Waals surface area contributed by atoms with Gasteiger partial charge in [0.1, 0.15) is 16.6 Å². The lowest BCUT2D eigenvalue weighted by atomic mass is 10.0. The van der Waals surface area contributed by atoms with Crippen molar-refractivity contribution in [2.75, 3.05) is 0 Å². The molecule has 124 valence electrons. The molecule has 0 spiro atoms. The summed E-state index contributed by atoms with van der Waals surface area (Å²) in [5.74, 6) is -1.09. The molecule has 0 radical (unpaired) electrons. The number of hydrogen-bond donors (Lipinski definition) is 1. The second kappa shape index (κ2) is 6.60. The van der Waals surface area contributed by atoms with E-state index in [-0.39, 0.29) is 11.1 Å². The van der Waals surface area contributed by atoms with Gasteiger partial charge in [0.05, 0.1) is 17.0 Å². The predicted molar refractivity (Wildman–Crippen MR) is 90.1 cm³/mol. The van der Waals surface area contributed by atoms with Gasteiger partial charge in [0.25, 0.3) is 5.56 Å². The third kappa shape index (κ3) is 2.87. The van der Waals surface area contributed by atoms with Gasteiger partial charge in [-0.2, -0.15) is 5.10 Å². The number of H-pyrrole nitrogens is 1. The molecule has 1 aromatic carbocycles. The Bertz CT molecular complexity index is 949. The molecule has 0 aliphatic heterocycles. The standard InChI is InChI=1S/C17H15F2N3OS/c1-3-10-13(4-2)21-22-16(23)15(10)17-20-14(8-24-17)11-7-9(18)5-6-12(11)19/h5-8H,3-4H2,1-2H3,(H,22,23). The molecule has 0 atom stereocenters.